The molecule has 1 aliphatic heterocycles. The number of likely N-dealkylation sites (tertiary alicyclic amines) is 1. The lowest BCUT2D eigenvalue weighted by Crippen LogP contribution is -2.43. The van der Waals surface area contributed by atoms with E-state index < -0.39 is 11.7 Å². The minimum atomic E-state index is -0.544. The second kappa shape index (κ2) is 6.51. The van der Waals surface area contributed by atoms with Crippen LogP contribution in [-0.4, -0.2) is 29.3 Å². The smallest absolute Gasteiger partial charge is 0.336 e. The predicted molar refractivity (Wildman–Crippen MR) is 93.9 cm³/mol. The van der Waals surface area contributed by atoms with E-state index in [0.29, 0.717) is 29.6 Å². The van der Waals surface area contributed by atoms with Crippen molar-refractivity contribution in [2.45, 2.75) is 18.9 Å². The van der Waals surface area contributed by atoms with Crippen LogP contribution in [0.2, 0.25) is 0 Å². The fourth-order valence-electron chi connectivity index (χ4n) is 3.20. The Bertz CT molecular complexity index is 1020. The number of carbonyl (C=O) groups is 2. The summed E-state index contributed by atoms with van der Waals surface area (Å²) in [6.07, 6.45) is 2.79. The monoisotopic (exact) mass is 352 g/mol. The van der Waals surface area contributed by atoms with Gasteiger partial charge in [0.2, 0.25) is 5.91 Å². The van der Waals surface area contributed by atoms with Crippen molar-refractivity contribution in [2.75, 3.05) is 11.9 Å². The number of nitrogens with zero attached hydrogens (tertiary/aromatic N) is 1. The van der Waals surface area contributed by atoms with E-state index in [2.05, 4.69) is 5.32 Å². The average Bonchev–Trinajstić information content (AvgIpc) is 3.33. The van der Waals surface area contributed by atoms with Crippen molar-refractivity contribution in [2.24, 2.45) is 0 Å². The topological polar surface area (TPSA) is 92.8 Å². The Hall–Kier alpha value is -3.35. The van der Waals surface area contributed by atoms with Gasteiger partial charge in [-0.2, -0.15) is 0 Å². The molecule has 0 unspecified atom stereocenters. The SMILES string of the molecule is O=C(Nc1ccc2oc(=O)ccc2c1)[C@@H]1CCCN1C(=O)c1ccco1. The van der Waals surface area contributed by atoms with Crippen LogP contribution in [0.25, 0.3) is 11.0 Å². The first kappa shape index (κ1) is 16.1. The predicted octanol–water partition coefficient (Wildman–Crippen LogP) is 2.63. The Labute approximate surface area is 148 Å². The van der Waals surface area contributed by atoms with Crippen LogP contribution in [0.15, 0.2) is 62.4 Å². The van der Waals surface area contributed by atoms with Crippen LogP contribution >= 0.6 is 0 Å². The van der Waals surface area contributed by atoms with Gasteiger partial charge in [0.15, 0.2) is 5.76 Å². The van der Waals surface area contributed by atoms with E-state index in [4.69, 9.17) is 8.83 Å². The highest BCUT2D eigenvalue weighted by Gasteiger charge is 2.35. The lowest BCUT2D eigenvalue weighted by atomic mass is 10.1. The average molecular weight is 352 g/mol. The van der Waals surface area contributed by atoms with Crippen molar-refractivity contribution in [3.63, 3.8) is 0 Å². The van der Waals surface area contributed by atoms with E-state index in [1.165, 1.54) is 17.2 Å². The van der Waals surface area contributed by atoms with Crippen molar-refractivity contribution in [1.82, 2.24) is 4.90 Å². The van der Waals surface area contributed by atoms with Crippen molar-refractivity contribution in [3.8, 4) is 0 Å². The van der Waals surface area contributed by atoms with Gasteiger partial charge in [-0.15, -0.1) is 0 Å². The molecule has 0 radical (unpaired) electrons. The Balaban J connectivity index is 1.53. The van der Waals surface area contributed by atoms with Gasteiger partial charge in [0, 0.05) is 23.7 Å². The Morgan fingerprint density at radius 3 is 2.85 bits per heavy atom. The summed E-state index contributed by atoms with van der Waals surface area (Å²) in [5, 5.41) is 3.54. The van der Waals surface area contributed by atoms with Gasteiger partial charge in [0.1, 0.15) is 11.6 Å². The molecule has 0 aliphatic carbocycles. The summed E-state index contributed by atoms with van der Waals surface area (Å²) >= 11 is 0. The zero-order chi connectivity index (χ0) is 18.1. The minimum Gasteiger partial charge on any atom is -0.459 e. The molecule has 7 heteroatoms. The number of anilines is 1. The van der Waals surface area contributed by atoms with E-state index >= 15 is 0 Å². The first-order valence-corrected chi connectivity index (χ1v) is 8.31. The second-order valence-corrected chi connectivity index (χ2v) is 6.13. The van der Waals surface area contributed by atoms with Crippen molar-refractivity contribution in [1.29, 1.82) is 0 Å². The molecule has 0 bridgehead atoms. The van der Waals surface area contributed by atoms with Crippen LogP contribution in [0.4, 0.5) is 5.69 Å². The van der Waals surface area contributed by atoms with E-state index in [9.17, 15) is 14.4 Å². The van der Waals surface area contributed by atoms with Crippen molar-refractivity contribution >= 4 is 28.5 Å². The highest BCUT2D eigenvalue weighted by molar-refractivity contribution is 6.01. The molecule has 1 saturated heterocycles. The maximum Gasteiger partial charge on any atom is 0.336 e. The molecule has 7 nitrogen and oxygen atoms in total. The summed E-state index contributed by atoms with van der Waals surface area (Å²) in [5.41, 5.74) is 0.604. The molecule has 1 aliphatic rings. The molecule has 4 rings (SSSR count). The van der Waals surface area contributed by atoms with E-state index in [1.54, 1.807) is 36.4 Å². The third-order valence-electron chi connectivity index (χ3n) is 4.44. The number of amides is 2. The van der Waals surface area contributed by atoms with Gasteiger partial charge in [0.05, 0.1) is 6.26 Å². The highest BCUT2D eigenvalue weighted by Crippen LogP contribution is 2.23. The van der Waals surface area contributed by atoms with Gasteiger partial charge >= 0.3 is 5.63 Å². The summed E-state index contributed by atoms with van der Waals surface area (Å²) in [4.78, 5) is 37.9. The fourth-order valence-corrected chi connectivity index (χ4v) is 3.20. The normalized spacial score (nSPS) is 16.8. The van der Waals surface area contributed by atoms with Crippen LogP contribution in [-0.2, 0) is 4.79 Å². The molecule has 3 aromatic rings. The number of furan rings is 1. The summed E-state index contributed by atoms with van der Waals surface area (Å²) < 4.78 is 10.2. The third kappa shape index (κ3) is 2.99. The Kier molecular flexibility index (Phi) is 4.04. The number of fused-ring (bicyclic) bond motifs is 1. The van der Waals surface area contributed by atoms with E-state index in [1.807, 2.05) is 0 Å². The molecular formula is C19H16N2O5. The molecule has 1 aromatic carbocycles. The zero-order valence-electron chi connectivity index (χ0n) is 13.8. The molecule has 2 amide bonds. The van der Waals surface area contributed by atoms with Gasteiger partial charge < -0.3 is 19.1 Å². The number of hydrogen-bond acceptors (Lipinski definition) is 5. The van der Waals surface area contributed by atoms with Gasteiger partial charge in [-0.3, -0.25) is 9.59 Å². The summed E-state index contributed by atoms with van der Waals surface area (Å²) in [6, 6.07) is 10.7. The zero-order valence-corrected chi connectivity index (χ0v) is 13.8. The summed E-state index contributed by atoms with van der Waals surface area (Å²) in [5.74, 6) is -0.308. The number of rotatable bonds is 3. The van der Waals surface area contributed by atoms with Crippen molar-refractivity contribution in [3.05, 3.63) is 64.9 Å². The summed E-state index contributed by atoms with van der Waals surface area (Å²) in [6.45, 7) is 0.514. The molecule has 0 spiro atoms. The van der Waals surface area contributed by atoms with Crippen LogP contribution in [0.5, 0.6) is 0 Å². The maximum atomic E-state index is 12.7. The maximum absolute atomic E-state index is 12.7. The van der Waals surface area contributed by atoms with E-state index in [0.717, 1.165) is 6.42 Å². The standard InChI is InChI=1S/C19H16N2O5/c22-17-8-5-12-11-13(6-7-15(12)26-17)20-18(23)14-3-1-9-21(14)19(24)16-4-2-10-25-16/h2,4-8,10-11,14H,1,3,9H2,(H,20,23)/t14-/m0/s1. The number of benzene rings is 1. The molecule has 1 atom stereocenters. The highest BCUT2D eigenvalue weighted by atomic mass is 16.4. The van der Waals surface area contributed by atoms with Crippen LogP contribution in [0.1, 0.15) is 23.4 Å². The molecular weight excluding hydrogens is 336 g/mol. The van der Waals surface area contributed by atoms with Gasteiger partial charge in [-0.25, -0.2) is 4.79 Å². The Morgan fingerprint density at radius 1 is 1.15 bits per heavy atom. The van der Waals surface area contributed by atoms with Crippen LogP contribution in [0.3, 0.4) is 0 Å². The lowest BCUT2D eigenvalue weighted by molar-refractivity contribution is -0.119. The number of carbonyl (C=O) groups excluding carboxylic acids is 2. The second-order valence-electron chi connectivity index (χ2n) is 6.13. The quantitative estimate of drug-likeness (QED) is 0.732. The van der Waals surface area contributed by atoms with Crippen LogP contribution in [0, 0.1) is 0 Å². The molecule has 3 heterocycles. The number of hydrogen-bond donors (Lipinski definition) is 1. The molecule has 2 aromatic heterocycles. The first-order valence-electron chi connectivity index (χ1n) is 8.31. The fraction of sp³-hybridized carbons (Fsp3) is 0.211. The Morgan fingerprint density at radius 2 is 2.04 bits per heavy atom. The van der Waals surface area contributed by atoms with Crippen molar-refractivity contribution < 1.29 is 18.4 Å². The van der Waals surface area contributed by atoms with Gasteiger partial charge in [-0.05, 0) is 49.2 Å². The number of nitrogens with one attached hydrogen (secondary N) is 1. The van der Waals surface area contributed by atoms with Crippen LogP contribution < -0.4 is 10.9 Å². The van der Waals surface area contributed by atoms with Gasteiger partial charge in [-0.1, -0.05) is 0 Å². The first-order chi connectivity index (χ1) is 12.6. The molecule has 0 saturated carbocycles. The van der Waals surface area contributed by atoms with Gasteiger partial charge in [0.25, 0.3) is 5.91 Å². The largest absolute Gasteiger partial charge is 0.459 e. The van der Waals surface area contributed by atoms with E-state index in [-0.39, 0.29) is 17.6 Å². The third-order valence-corrected chi connectivity index (χ3v) is 4.44. The molecule has 1 fully saturated rings. The molecule has 1 N–H and O–H groups in total. The molecule has 132 valence electrons. The molecule has 26 heavy (non-hydrogen) atoms. The minimum absolute atomic E-state index is 0.227. The summed E-state index contributed by atoms with van der Waals surface area (Å²) in [7, 11) is 0. The lowest BCUT2D eigenvalue weighted by Gasteiger charge is -2.23.